The van der Waals surface area contributed by atoms with E-state index in [4.69, 9.17) is 9.47 Å². The van der Waals surface area contributed by atoms with Crippen LogP contribution in [0.25, 0.3) is 0 Å². The van der Waals surface area contributed by atoms with Gasteiger partial charge >= 0.3 is 6.03 Å². The Labute approximate surface area is 114 Å². The van der Waals surface area contributed by atoms with Gasteiger partial charge in [-0.3, -0.25) is 0 Å². The summed E-state index contributed by atoms with van der Waals surface area (Å²) in [6.45, 7) is 5.85. The highest BCUT2D eigenvalue weighted by molar-refractivity contribution is 5.89. The summed E-state index contributed by atoms with van der Waals surface area (Å²) in [6.07, 6.45) is -0.467. The van der Waals surface area contributed by atoms with Crippen molar-refractivity contribution in [1.82, 2.24) is 5.32 Å². The number of carbonyl (C=O) groups excluding carboxylic acids is 1. The van der Waals surface area contributed by atoms with E-state index in [1.807, 2.05) is 39.0 Å². The largest absolute Gasteiger partial charge is 0.354 e. The first-order valence-corrected chi connectivity index (χ1v) is 6.18. The van der Waals surface area contributed by atoms with Gasteiger partial charge in [0.15, 0.2) is 6.29 Å². The standard InChI is InChI=1S/C14H22N2O3/c1-9-6-7-12(8-10(9)2)16-14(17)15-11(3)13(18-4)19-5/h6-8,11,13H,1-5H3,(H2,15,16,17). The molecule has 1 rings (SSSR count). The Morgan fingerprint density at radius 3 is 2.32 bits per heavy atom. The van der Waals surface area contributed by atoms with Crippen molar-refractivity contribution in [2.45, 2.75) is 33.1 Å². The maximum Gasteiger partial charge on any atom is 0.319 e. The van der Waals surface area contributed by atoms with Gasteiger partial charge in [0.1, 0.15) is 0 Å². The molecule has 1 unspecified atom stereocenters. The van der Waals surface area contributed by atoms with Crippen LogP contribution in [0.15, 0.2) is 18.2 Å². The number of hydrogen-bond acceptors (Lipinski definition) is 3. The lowest BCUT2D eigenvalue weighted by Crippen LogP contribution is -2.44. The van der Waals surface area contributed by atoms with Crippen molar-refractivity contribution in [1.29, 1.82) is 0 Å². The van der Waals surface area contributed by atoms with Crippen LogP contribution in [0, 0.1) is 13.8 Å². The summed E-state index contributed by atoms with van der Waals surface area (Å²) in [5.41, 5.74) is 3.09. The van der Waals surface area contributed by atoms with E-state index in [-0.39, 0.29) is 12.1 Å². The molecule has 0 heterocycles. The first kappa shape index (κ1) is 15.5. The second-order valence-electron chi connectivity index (χ2n) is 4.53. The molecule has 2 N–H and O–H groups in total. The fourth-order valence-corrected chi connectivity index (χ4v) is 1.77. The van der Waals surface area contributed by atoms with Crippen LogP contribution in [0.2, 0.25) is 0 Å². The van der Waals surface area contributed by atoms with E-state index in [0.717, 1.165) is 11.3 Å². The lowest BCUT2D eigenvalue weighted by molar-refractivity contribution is -0.117. The molecule has 5 heteroatoms. The normalized spacial score (nSPS) is 12.3. The third kappa shape index (κ3) is 4.54. The number of benzene rings is 1. The number of nitrogens with one attached hydrogen (secondary N) is 2. The van der Waals surface area contributed by atoms with Crippen molar-refractivity contribution in [2.75, 3.05) is 19.5 Å². The maximum absolute atomic E-state index is 11.8. The van der Waals surface area contributed by atoms with E-state index >= 15 is 0 Å². The number of aryl methyl sites for hydroxylation is 2. The van der Waals surface area contributed by atoms with Crippen molar-refractivity contribution >= 4 is 11.7 Å². The predicted octanol–water partition coefficient (Wildman–Crippen LogP) is 2.43. The first-order valence-electron chi connectivity index (χ1n) is 6.18. The molecule has 0 aromatic heterocycles. The van der Waals surface area contributed by atoms with E-state index in [1.165, 1.54) is 19.8 Å². The Balaban J connectivity index is 2.57. The monoisotopic (exact) mass is 266 g/mol. The molecule has 0 radical (unpaired) electrons. The molecule has 0 bridgehead atoms. The molecule has 1 aromatic rings. The topological polar surface area (TPSA) is 59.6 Å². The minimum atomic E-state index is -0.467. The Morgan fingerprint density at radius 1 is 1.16 bits per heavy atom. The van der Waals surface area contributed by atoms with Crippen molar-refractivity contribution in [3.8, 4) is 0 Å². The zero-order valence-corrected chi connectivity index (χ0v) is 12.1. The van der Waals surface area contributed by atoms with E-state index in [2.05, 4.69) is 10.6 Å². The quantitative estimate of drug-likeness (QED) is 0.805. The van der Waals surface area contributed by atoms with Gasteiger partial charge in [0.05, 0.1) is 6.04 Å². The molecular formula is C14H22N2O3. The maximum atomic E-state index is 11.8. The number of methoxy groups -OCH3 is 2. The summed E-state index contributed by atoms with van der Waals surface area (Å²) in [4.78, 5) is 11.8. The number of ether oxygens (including phenoxy) is 2. The zero-order valence-electron chi connectivity index (χ0n) is 12.1. The number of rotatable bonds is 5. The van der Waals surface area contributed by atoms with Crippen molar-refractivity contribution in [3.63, 3.8) is 0 Å². The lowest BCUT2D eigenvalue weighted by Gasteiger charge is -2.22. The molecule has 0 aliphatic carbocycles. The molecule has 0 aliphatic heterocycles. The number of anilines is 1. The molecule has 0 aliphatic rings. The average molecular weight is 266 g/mol. The average Bonchev–Trinajstić information content (AvgIpc) is 2.35. The molecule has 5 nitrogen and oxygen atoms in total. The van der Waals surface area contributed by atoms with Gasteiger partial charge in [0.2, 0.25) is 0 Å². The number of carbonyl (C=O) groups is 1. The van der Waals surface area contributed by atoms with Crippen LogP contribution in [0.4, 0.5) is 10.5 Å². The predicted molar refractivity (Wildman–Crippen MR) is 75.3 cm³/mol. The van der Waals surface area contributed by atoms with E-state index in [1.54, 1.807) is 0 Å². The number of urea groups is 1. The van der Waals surface area contributed by atoms with Crippen LogP contribution in [0.3, 0.4) is 0 Å². The Morgan fingerprint density at radius 2 is 1.79 bits per heavy atom. The lowest BCUT2D eigenvalue weighted by atomic mass is 10.1. The van der Waals surface area contributed by atoms with Crippen LogP contribution in [0.1, 0.15) is 18.1 Å². The van der Waals surface area contributed by atoms with Crippen LogP contribution < -0.4 is 10.6 Å². The van der Waals surface area contributed by atoms with E-state index < -0.39 is 6.29 Å². The van der Waals surface area contributed by atoms with Gasteiger partial charge in [-0.05, 0) is 44.0 Å². The second kappa shape index (κ2) is 7.11. The number of hydrogen-bond donors (Lipinski definition) is 2. The second-order valence-corrected chi connectivity index (χ2v) is 4.53. The van der Waals surface area contributed by atoms with Gasteiger partial charge in [-0.2, -0.15) is 0 Å². The highest BCUT2D eigenvalue weighted by Crippen LogP contribution is 2.14. The molecule has 2 amide bonds. The van der Waals surface area contributed by atoms with E-state index in [9.17, 15) is 4.79 Å². The van der Waals surface area contributed by atoms with Gasteiger partial charge in [0, 0.05) is 19.9 Å². The Kier molecular flexibility index (Phi) is 5.79. The van der Waals surface area contributed by atoms with Gasteiger partial charge in [-0.25, -0.2) is 4.79 Å². The van der Waals surface area contributed by atoms with Gasteiger partial charge in [0.25, 0.3) is 0 Å². The SMILES string of the molecule is COC(OC)C(C)NC(=O)Nc1ccc(C)c(C)c1. The summed E-state index contributed by atoms with van der Waals surface area (Å²) in [6, 6.07) is 5.25. The minimum absolute atomic E-state index is 0.249. The van der Waals surface area contributed by atoms with E-state index in [0.29, 0.717) is 0 Å². The molecule has 1 aromatic carbocycles. The fraction of sp³-hybridized carbons (Fsp3) is 0.500. The fourth-order valence-electron chi connectivity index (χ4n) is 1.77. The van der Waals surface area contributed by atoms with Crippen molar-refractivity contribution in [3.05, 3.63) is 29.3 Å². The molecular weight excluding hydrogens is 244 g/mol. The van der Waals surface area contributed by atoms with Crippen LogP contribution in [0.5, 0.6) is 0 Å². The van der Waals surface area contributed by atoms with Gasteiger partial charge in [-0.1, -0.05) is 6.07 Å². The van der Waals surface area contributed by atoms with Crippen LogP contribution in [-0.4, -0.2) is 32.6 Å². The van der Waals surface area contributed by atoms with Crippen LogP contribution >= 0.6 is 0 Å². The highest BCUT2D eigenvalue weighted by Gasteiger charge is 2.17. The molecule has 0 saturated carbocycles. The number of amides is 2. The minimum Gasteiger partial charge on any atom is -0.354 e. The summed E-state index contributed by atoms with van der Waals surface area (Å²) in [5, 5.41) is 5.55. The first-order chi connectivity index (χ1) is 8.97. The van der Waals surface area contributed by atoms with Gasteiger partial charge in [-0.15, -0.1) is 0 Å². The van der Waals surface area contributed by atoms with Gasteiger partial charge < -0.3 is 20.1 Å². The van der Waals surface area contributed by atoms with Crippen molar-refractivity contribution in [2.24, 2.45) is 0 Å². The smallest absolute Gasteiger partial charge is 0.319 e. The Hall–Kier alpha value is -1.59. The zero-order chi connectivity index (χ0) is 14.4. The molecule has 0 saturated heterocycles. The van der Waals surface area contributed by atoms with Crippen molar-refractivity contribution < 1.29 is 14.3 Å². The summed E-state index contributed by atoms with van der Waals surface area (Å²) >= 11 is 0. The Bertz CT molecular complexity index is 431. The van der Waals surface area contributed by atoms with Crippen LogP contribution in [-0.2, 0) is 9.47 Å². The summed E-state index contributed by atoms with van der Waals surface area (Å²) in [5.74, 6) is 0. The highest BCUT2D eigenvalue weighted by atomic mass is 16.7. The summed E-state index contributed by atoms with van der Waals surface area (Å²) in [7, 11) is 3.07. The molecule has 0 spiro atoms. The third-order valence-electron chi connectivity index (χ3n) is 3.00. The summed E-state index contributed by atoms with van der Waals surface area (Å²) < 4.78 is 10.2. The molecule has 19 heavy (non-hydrogen) atoms. The molecule has 0 fully saturated rings. The molecule has 106 valence electrons. The third-order valence-corrected chi connectivity index (χ3v) is 3.00. The molecule has 1 atom stereocenters.